The average Bonchev–Trinajstić information content (AvgIpc) is 3.03. The Kier molecular flexibility index (Phi) is 35.9. The fourth-order valence-electron chi connectivity index (χ4n) is 6.18. The first kappa shape index (κ1) is 43.1. The predicted octanol–water partition coefficient (Wildman–Crippen LogP) is 11.9. The molecule has 0 saturated carbocycles. The van der Waals surface area contributed by atoms with E-state index in [4.69, 9.17) is 0 Å². The molecule has 0 aliphatic rings. The van der Waals surface area contributed by atoms with Crippen LogP contribution in [-0.2, 0) is 4.79 Å². The number of rotatable bonds is 36. The molecule has 0 bridgehead atoms. The van der Waals surface area contributed by atoms with Crippen LogP contribution in [-0.4, -0.2) is 34.9 Å². The van der Waals surface area contributed by atoms with Crippen molar-refractivity contribution in [3.63, 3.8) is 0 Å². The highest BCUT2D eigenvalue weighted by Crippen LogP contribution is 2.16. The van der Waals surface area contributed by atoms with Crippen molar-refractivity contribution in [2.24, 2.45) is 0 Å². The van der Waals surface area contributed by atoms with Crippen LogP contribution in [0.4, 0.5) is 0 Å². The lowest BCUT2D eigenvalue weighted by Gasteiger charge is -2.20. The van der Waals surface area contributed by atoms with E-state index < -0.39 is 12.1 Å². The molecule has 0 aromatic heterocycles. The molecular weight excluding hydrogens is 542 g/mol. The number of hydrogen-bond acceptors (Lipinski definition) is 3. The Hall–Kier alpha value is -0.870. The molecule has 3 N–H and O–H groups in total. The monoisotopic (exact) mass is 622 g/mol. The summed E-state index contributed by atoms with van der Waals surface area (Å²) >= 11 is 0. The van der Waals surface area contributed by atoms with E-state index >= 15 is 0 Å². The zero-order chi connectivity index (χ0) is 32.2. The van der Waals surface area contributed by atoms with E-state index in [2.05, 4.69) is 19.2 Å². The van der Waals surface area contributed by atoms with Crippen molar-refractivity contribution in [3.8, 4) is 0 Å². The maximum atomic E-state index is 12.3. The molecule has 0 fully saturated rings. The van der Waals surface area contributed by atoms with Crippen LogP contribution in [0.5, 0.6) is 0 Å². The van der Waals surface area contributed by atoms with Gasteiger partial charge >= 0.3 is 0 Å². The minimum Gasteiger partial charge on any atom is -0.394 e. The largest absolute Gasteiger partial charge is 0.394 e. The molecule has 0 aromatic carbocycles. The Bertz CT molecular complexity index is 593. The van der Waals surface area contributed by atoms with E-state index in [9.17, 15) is 15.0 Å². The van der Waals surface area contributed by atoms with E-state index in [1.807, 2.05) is 6.08 Å². The highest BCUT2D eigenvalue weighted by atomic mass is 16.3. The molecular formula is C40H79NO3. The molecule has 0 saturated heterocycles. The maximum Gasteiger partial charge on any atom is 0.220 e. The zero-order valence-electron chi connectivity index (χ0n) is 29.9. The number of allylic oxidation sites excluding steroid dienone is 1. The number of aliphatic hydroxyl groups is 2. The third-order valence-electron chi connectivity index (χ3n) is 9.27. The number of hydrogen-bond donors (Lipinski definition) is 3. The van der Waals surface area contributed by atoms with Gasteiger partial charge in [0.2, 0.25) is 5.91 Å². The Labute approximate surface area is 276 Å². The van der Waals surface area contributed by atoms with Crippen molar-refractivity contribution in [2.45, 2.75) is 231 Å². The minimum atomic E-state index is -0.831. The summed E-state index contributed by atoms with van der Waals surface area (Å²) in [6.45, 7) is 4.30. The second-order valence-corrected chi connectivity index (χ2v) is 13.7. The first-order valence-electron chi connectivity index (χ1n) is 19.9. The Morgan fingerprint density at radius 1 is 0.523 bits per heavy atom. The number of carbonyl (C=O) groups is 1. The highest BCUT2D eigenvalue weighted by Gasteiger charge is 2.17. The third-order valence-corrected chi connectivity index (χ3v) is 9.27. The van der Waals surface area contributed by atoms with Crippen LogP contribution in [0.3, 0.4) is 0 Å². The van der Waals surface area contributed by atoms with Gasteiger partial charge in [0.25, 0.3) is 0 Å². The normalized spacial score (nSPS) is 13.1. The number of amides is 1. The van der Waals surface area contributed by atoms with Gasteiger partial charge in [-0.2, -0.15) is 0 Å². The van der Waals surface area contributed by atoms with Crippen molar-refractivity contribution in [1.82, 2.24) is 5.32 Å². The first-order valence-corrected chi connectivity index (χ1v) is 19.9. The van der Waals surface area contributed by atoms with Gasteiger partial charge in [0.15, 0.2) is 0 Å². The van der Waals surface area contributed by atoms with Gasteiger partial charge in [-0.15, -0.1) is 0 Å². The molecule has 0 heterocycles. The van der Waals surface area contributed by atoms with Gasteiger partial charge in [0.1, 0.15) is 0 Å². The van der Waals surface area contributed by atoms with Crippen molar-refractivity contribution >= 4 is 5.91 Å². The topological polar surface area (TPSA) is 69.6 Å². The number of aliphatic hydroxyl groups excluding tert-OH is 2. The van der Waals surface area contributed by atoms with Crippen LogP contribution >= 0.6 is 0 Å². The van der Waals surface area contributed by atoms with Gasteiger partial charge in [0.05, 0.1) is 18.8 Å². The molecule has 0 rings (SSSR count). The van der Waals surface area contributed by atoms with Crippen LogP contribution in [0, 0.1) is 0 Å². The lowest BCUT2D eigenvalue weighted by molar-refractivity contribution is -0.123. The molecule has 262 valence electrons. The van der Waals surface area contributed by atoms with E-state index in [0.29, 0.717) is 6.42 Å². The molecule has 2 atom stereocenters. The van der Waals surface area contributed by atoms with Crippen molar-refractivity contribution in [2.75, 3.05) is 6.61 Å². The summed E-state index contributed by atoms with van der Waals surface area (Å²) in [5, 5.41) is 22.9. The summed E-state index contributed by atoms with van der Waals surface area (Å²) in [4.78, 5) is 12.3. The fraction of sp³-hybridized carbons (Fsp3) is 0.925. The molecule has 0 spiro atoms. The molecule has 0 aliphatic heterocycles. The third kappa shape index (κ3) is 32.5. The van der Waals surface area contributed by atoms with Gasteiger partial charge in [-0.25, -0.2) is 0 Å². The van der Waals surface area contributed by atoms with Gasteiger partial charge in [0, 0.05) is 6.42 Å². The molecule has 0 aliphatic carbocycles. The second kappa shape index (κ2) is 36.6. The number of carbonyl (C=O) groups excluding carboxylic acids is 1. The fourth-order valence-corrected chi connectivity index (χ4v) is 6.18. The van der Waals surface area contributed by atoms with Crippen molar-refractivity contribution in [1.29, 1.82) is 0 Å². The lowest BCUT2D eigenvalue weighted by Crippen LogP contribution is -2.45. The van der Waals surface area contributed by atoms with E-state index in [-0.39, 0.29) is 12.5 Å². The van der Waals surface area contributed by atoms with Crippen molar-refractivity contribution < 1.29 is 15.0 Å². The van der Waals surface area contributed by atoms with Crippen molar-refractivity contribution in [3.05, 3.63) is 12.2 Å². The molecule has 4 heteroatoms. The van der Waals surface area contributed by atoms with Gasteiger partial charge in [-0.3, -0.25) is 4.79 Å². The summed E-state index contributed by atoms with van der Waals surface area (Å²) in [6, 6.07) is -0.614. The maximum absolute atomic E-state index is 12.3. The molecule has 2 unspecified atom stereocenters. The van der Waals surface area contributed by atoms with Crippen LogP contribution in [0.1, 0.15) is 219 Å². The molecule has 1 amide bonds. The first-order chi connectivity index (χ1) is 21.7. The Morgan fingerprint density at radius 2 is 0.841 bits per heavy atom. The number of unbranched alkanes of at least 4 members (excludes halogenated alkanes) is 29. The Morgan fingerprint density at radius 3 is 1.18 bits per heavy atom. The van der Waals surface area contributed by atoms with Gasteiger partial charge in [-0.1, -0.05) is 206 Å². The highest BCUT2D eigenvalue weighted by molar-refractivity contribution is 5.76. The smallest absolute Gasteiger partial charge is 0.220 e. The lowest BCUT2D eigenvalue weighted by atomic mass is 10.0. The summed E-state index contributed by atoms with van der Waals surface area (Å²) in [5.74, 6) is -0.0618. The molecule has 0 radical (unpaired) electrons. The molecule has 4 nitrogen and oxygen atoms in total. The van der Waals surface area contributed by atoms with Crippen LogP contribution in [0.2, 0.25) is 0 Å². The molecule has 0 aromatic rings. The summed E-state index contributed by atoms with van der Waals surface area (Å²) in [7, 11) is 0. The quantitative estimate of drug-likeness (QED) is 0.0481. The standard InChI is InChI=1S/C40H79NO3/c1-3-5-7-9-11-13-15-16-17-18-19-20-21-22-23-24-26-28-30-32-34-36-40(44)41-38(37-42)39(43)35-33-31-29-27-25-14-12-10-8-6-4-2/h33,35,38-39,42-43H,3-32,34,36-37H2,1-2H3,(H,41,44)/b35-33+. The van der Waals surface area contributed by atoms with Crippen LogP contribution in [0.25, 0.3) is 0 Å². The second-order valence-electron chi connectivity index (χ2n) is 13.7. The summed E-state index contributed by atoms with van der Waals surface area (Å²) in [5.41, 5.74) is 0. The zero-order valence-corrected chi connectivity index (χ0v) is 29.9. The average molecular weight is 622 g/mol. The van der Waals surface area contributed by atoms with E-state index in [1.54, 1.807) is 6.08 Å². The minimum absolute atomic E-state index is 0.0618. The van der Waals surface area contributed by atoms with Gasteiger partial charge < -0.3 is 15.5 Å². The summed E-state index contributed by atoms with van der Waals surface area (Å²) in [6.07, 6.45) is 44.5. The van der Waals surface area contributed by atoms with Crippen LogP contribution < -0.4 is 5.32 Å². The van der Waals surface area contributed by atoms with E-state index in [0.717, 1.165) is 25.7 Å². The predicted molar refractivity (Wildman–Crippen MR) is 193 cm³/mol. The SMILES string of the molecule is CCCCCCCCCCC/C=C/C(O)C(CO)NC(=O)CCCCCCCCCCCCCCCCCCCCCCC. The van der Waals surface area contributed by atoms with E-state index in [1.165, 1.54) is 173 Å². The van der Waals surface area contributed by atoms with Gasteiger partial charge in [-0.05, 0) is 19.3 Å². The summed E-state index contributed by atoms with van der Waals surface area (Å²) < 4.78 is 0. The number of nitrogens with one attached hydrogen (secondary N) is 1. The molecule has 44 heavy (non-hydrogen) atoms. The Balaban J connectivity index is 3.50. The van der Waals surface area contributed by atoms with Crippen LogP contribution in [0.15, 0.2) is 12.2 Å².